The third-order valence-corrected chi connectivity index (χ3v) is 4.00. The van der Waals surface area contributed by atoms with Crippen molar-refractivity contribution in [3.05, 3.63) is 81.1 Å². The first-order chi connectivity index (χ1) is 12.6. The zero-order chi connectivity index (χ0) is 19.9. The van der Waals surface area contributed by atoms with Gasteiger partial charge in [0.25, 0.3) is 0 Å². The van der Waals surface area contributed by atoms with E-state index in [4.69, 9.17) is 5.11 Å². The van der Waals surface area contributed by atoms with Gasteiger partial charge in [0.05, 0.1) is 17.6 Å². The van der Waals surface area contributed by atoms with Gasteiger partial charge < -0.3 is 9.67 Å². The number of hydrogen-bond acceptors (Lipinski definition) is 2. The van der Waals surface area contributed by atoms with Gasteiger partial charge in [-0.25, -0.2) is 13.6 Å². The number of aromatic nitrogens is 1. The number of pyridine rings is 1. The third kappa shape index (κ3) is 3.27. The van der Waals surface area contributed by atoms with Gasteiger partial charge in [-0.3, -0.25) is 4.79 Å². The molecular weight excluding hydrogens is 373 g/mol. The van der Waals surface area contributed by atoms with Crippen LogP contribution in [0.2, 0.25) is 0 Å². The number of fused-ring (bicyclic) bond motifs is 1. The molecule has 0 aliphatic heterocycles. The fourth-order valence-electron chi connectivity index (χ4n) is 2.80. The number of carboxylic acids is 1. The summed E-state index contributed by atoms with van der Waals surface area (Å²) in [5.41, 5.74) is -3.92. The zero-order valence-corrected chi connectivity index (χ0v) is 13.3. The number of carbonyl (C=O) groups is 1. The average Bonchev–Trinajstić information content (AvgIpc) is 2.57. The van der Waals surface area contributed by atoms with Crippen LogP contribution >= 0.6 is 0 Å². The summed E-state index contributed by atoms with van der Waals surface area (Å²) < 4.78 is 68.1. The van der Waals surface area contributed by atoms with E-state index < -0.39 is 52.4 Å². The Morgan fingerprint density at radius 2 is 1.74 bits per heavy atom. The van der Waals surface area contributed by atoms with Gasteiger partial charge in [-0.2, -0.15) is 13.2 Å². The van der Waals surface area contributed by atoms with Crippen molar-refractivity contribution < 1.29 is 31.9 Å². The van der Waals surface area contributed by atoms with E-state index in [2.05, 4.69) is 0 Å². The number of nitrogens with zero attached hydrogens (tertiary/aromatic N) is 1. The van der Waals surface area contributed by atoms with E-state index in [0.29, 0.717) is 6.07 Å². The molecule has 3 aromatic rings. The van der Waals surface area contributed by atoms with Crippen LogP contribution in [0.4, 0.5) is 22.0 Å². The molecule has 140 valence electrons. The maximum atomic E-state index is 14.3. The normalized spacial score (nSPS) is 11.7. The van der Waals surface area contributed by atoms with Gasteiger partial charge in [0, 0.05) is 17.1 Å². The van der Waals surface area contributed by atoms with Crippen molar-refractivity contribution in [1.29, 1.82) is 0 Å². The molecule has 3 rings (SSSR count). The summed E-state index contributed by atoms with van der Waals surface area (Å²) in [7, 11) is 0. The molecule has 9 heteroatoms. The molecule has 1 N–H and O–H groups in total. The topological polar surface area (TPSA) is 59.3 Å². The number of alkyl halides is 3. The van der Waals surface area contributed by atoms with E-state index >= 15 is 0 Å². The highest BCUT2D eigenvalue weighted by atomic mass is 19.4. The summed E-state index contributed by atoms with van der Waals surface area (Å²) in [4.78, 5) is 23.5. The van der Waals surface area contributed by atoms with Crippen LogP contribution in [0.25, 0.3) is 10.9 Å². The number of hydrogen-bond donors (Lipinski definition) is 1. The lowest BCUT2D eigenvalue weighted by Gasteiger charge is -2.15. The van der Waals surface area contributed by atoms with Gasteiger partial charge in [-0.1, -0.05) is 18.2 Å². The fourth-order valence-corrected chi connectivity index (χ4v) is 2.80. The number of benzene rings is 2. The fraction of sp³-hybridized carbons (Fsp3) is 0.111. The van der Waals surface area contributed by atoms with Crippen LogP contribution in [-0.4, -0.2) is 15.6 Å². The SMILES string of the molecule is O=C(O)c1cn(Cc2cccc(C(F)(F)F)c2F)c2c(F)cccc2c1=O. The third-order valence-electron chi connectivity index (χ3n) is 4.00. The van der Waals surface area contributed by atoms with Crippen LogP contribution in [0.15, 0.2) is 47.4 Å². The minimum atomic E-state index is -4.93. The van der Waals surface area contributed by atoms with Crippen molar-refractivity contribution >= 4 is 16.9 Å². The Bertz CT molecular complexity index is 1120. The van der Waals surface area contributed by atoms with Crippen LogP contribution in [0.5, 0.6) is 0 Å². The van der Waals surface area contributed by atoms with Crippen molar-refractivity contribution in [3.8, 4) is 0 Å². The van der Waals surface area contributed by atoms with Crippen LogP contribution < -0.4 is 5.43 Å². The van der Waals surface area contributed by atoms with Gasteiger partial charge in [-0.15, -0.1) is 0 Å². The quantitative estimate of drug-likeness (QED) is 0.695. The number of halogens is 5. The van der Waals surface area contributed by atoms with Crippen LogP contribution in [0.3, 0.4) is 0 Å². The van der Waals surface area contributed by atoms with E-state index in [-0.39, 0.29) is 10.9 Å². The predicted octanol–water partition coefficient (Wildman–Crippen LogP) is 4.05. The van der Waals surface area contributed by atoms with E-state index in [1.165, 1.54) is 12.1 Å². The smallest absolute Gasteiger partial charge is 0.419 e. The maximum Gasteiger partial charge on any atom is 0.419 e. The number of carboxylic acid groups (broad SMARTS) is 1. The van der Waals surface area contributed by atoms with Crippen LogP contribution in [0, 0.1) is 11.6 Å². The lowest BCUT2D eigenvalue weighted by atomic mass is 10.1. The molecule has 0 unspecified atom stereocenters. The highest BCUT2D eigenvalue weighted by Gasteiger charge is 2.34. The Balaban J connectivity index is 2.26. The molecule has 0 amide bonds. The summed E-state index contributed by atoms with van der Waals surface area (Å²) in [6, 6.07) is 6.00. The molecule has 0 aliphatic carbocycles. The summed E-state index contributed by atoms with van der Waals surface area (Å²) in [5.74, 6) is -4.04. The number of para-hydroxylation sites is 1. The predicted molar refractivity (Wildman–Crippen MR) is 85.6 cm³/mol. The first-order valence-corrected chi connectivity index (χ1v) is 7.51. The lowest BCUT2D eigenvalue weighted by Crippen LogP contribution is -2.20. The monoisotopic (exact) mass is 383 g/mol. The molecule has 2 aromatic carbocycles. The Morgan fingerprint density at radius 3 is 2.37 bits per heavy atom. The molecule has 0 bridgehead atoms. The number of rotatable bonds is 3. The molecule has 0 aliphatic rings. The molecule has 4 nitrogen and oxygen atoms in total. The second-order valence-corrected chi connectivity index (χ2v) is 5.72. The van der Waals surface area contributed by atoms with Crippen molar-refractivity contribution in [1.82, 2.24) is 4.57 Å². The highest BCUT2D eigenvalue weighted by molar-refractivity contribution is 5.92. The minimum absolute atomic E-state index is 0.276. The molecule has 0 fully saturated rings. The highest BCUT2D eigenvalue weighted by Crippen LogP contribution is 2.32. The average molecular weight is 383 g/mol. The summed E-state index contributed by atoms with van der Waals surface area (Å²) in [6.07, 6.45) is -4.14. The molecule has 0 saturated carbocycles. The Morgan fingerprint density at radius 1 is 1.07 bits per heavy atom. The molecule has 27 heavy (non-hydrogen) atoms. The molecule has 1 heterocycles. The van der Waals surface area contributed by atoms with E-state index in [1.807, 2.05) is 0 Å². The van der Waals surface area contributed by atoms with E-state index in [9.17, 15) is 31.5 Å². The number of aromatic carboxylic acids is 1. The van der Waals surface area contributed by atoms with E-state index in [1.54, 1.807) is 0 Å². The first-order valence-electron chi connectivity index (χ1n) is 7.51. The standard InChI is InChI=1S/C18H10F5NO3/c19-13-6-2-4-10-15(13)24(8-11(16(10)25)17(26)27)7-9-3-1-5-12(14(9)20)18(21,22)23/h1-6,8H,7H2,(H,26,27). The van der Waals surface area contributed by atoms with Crippen LogP contribution in [0.1, 0.15) is 21.5 Å². The van der Waals surface area contributed by atoms with Gasteiger partial charge in [0.2, 0.25) is 5.43 Å². The Labute approximate surface area is 148 Å². The lowest BCUT2D eigenvalue weighted by molar-refractivity contribution is -0.140. The van der Waals surface area contributed by atoms with E-state index in [0.717, 1.165) is 29.0 Å². The van der Waals surface area contributed by atoms with Crippen molar-refractivity contribution in [3.63, 3.8) is 0 Å². The van der Waals surface area contributed by atoms with Crippen molar-refractivity contribution in [2.24, 2.45) is 0 Å². The molecule has 0 atom stereocenters. The second-order valence-electron chi connectivity index (χ2n) is 5.72. The van der Waals surface area contributed by atoms with Gasteiger partial charge in [0.1, 0.15) is 17.2 Å². The van der Waals surface area contributed by atoms with Crippen LogP contribution in [-0.2, 0) is 12.7 Å². The summed E-state index contributed by atoms with van der Waals surface area (Å²) in [5, 5.41) is 8.88. The summed E-state index contributed by atoms with van der Waals surface area (Å²) >= 11 is 0. The second kappa shape index (κ2) is 6.49. The summed E-state index contributed by atoms with van der Waals surface area (Å²) in [6.45, 7) is -0.603. The van der Waals surface area contributed by atoms with Gasteiger partial charge in [-0.05, 0) is 18.2 Å². The van der Waals surface area contributed by atoms with Crippen molar-refractivity contribution in [2.45, 2.75) is 12.7 Å². The Kier molecular flexibility index (Phi) is 4.46. The van der Waals surface area contributed by atoms with Gasteiger partial charge >= 0.3 is 12.1 Å². The molecular formula is C18H10F5NO3. The molecule has 0 saturated heterocycles. The van der Waals surface area contributed by atoms with Crippen molar-refractivity contribution in [2.75, 3.05) is 0 Å². The first kappa shape index (κ1) is 18.6. The molecule has 0 radical (unpaired) electrons. The Hall–Kier alpha value is -3.23. The zero-order valence-electron chi connectivity index (χ0n) is 13.3. The van der Waals surface area contributed by atoms with Gasteiger partial charge in [0.15, 0.2) is 0 Å². The molecule has 1 aromatic heterocycles. The minimum Gasteiger partial charge on any atom is -0.477 e. The molecule has 0 spiro atoms. The maximum absolute atomic E-state index is 14.3. The largest absolute Gasteiger partial charge is 0.477 e.